The predicted molar refractivity (Wildman–Crippen MR) is 87.8 cm³/mol. The van der Waals surface area contributed by atoms with Crippen LogP contribution in [0.5, 0.6) is 5.75 Å². The summed E-state index contributed by atoms with van der Waals surface area (Å²) in [6.45, 7) is 4.03. The number of hydrogen-bond acceptors (Lipinski definition) is 4. The zero-order valence-corrected chi connectivity index (χ0v) is 14.1. The van der Waals surface area contributed by atoms with Gasteiger partial charge >= 0.3 is 0 Å². The molecule has 1 aliphatic rings. The van der Waals surface area contributed by atoms with Crippen molar-refractivity contribution in [1.82, 2.24) is 10.9 Å². The van der Waals surface area contributed by atoms with E-state index in [0.29, 0.717) is 6.42 Å². The van der Waals surface area contributed by atoms with Crippen molar-refractivity contribution in [3.8, 4) is 5.75 Å². The van der Waals surface area contributed by atoms with Crippen LogP contribution in [0.1, 0.15) is 25.8 Å². The van der Waals surface area contributed by atoms with Gasteiger partial charge in [0.1, 0.15) is 5.75 Å². The number of benzene rings is 1. The summed E-state index contributed by atoms with van der Waals surface area (Å²) in [5.41, 5.74) is 7.62. The number of hydrogen-bond donors (Lipinski definition) is 2. The third-order valence-electron chi connectivity index (χ3n) is 3.86. The molecule has 1 fully saturated rings. The van der Waals surface area contributed by atoms with E-state index in [1.165, 1.54) is 0 Å². The molecule has 1 aromatic rings. The van der Waals surface area contributed by atoms with Gasteiger partial charge in [-0.15, -0.1) is 0 Å². The van der Waals surface area contributed by atoms with Gasteiger partial charge in [-0.2, -0.15) is 0 Å². The highest BCUT2D eigenvalue weighted by Gasteiger charge is 2.24. The molecule has 22 heavy (non-hydrogen) atoms. The van der Waals surface area contributed by atoms with Gasteiger partial charge in [-0.3, -0.25) is 14.4 Å². The molecular weight excluding hydrogens is 300 g/mol. The van der Waals surface area contributed by atoms with Crippen LogP contribution in [-0.4, -0.2) is 29.5 Å². The molecule has 0 bridgehead atoms. The quantitative estimate of drug-likeness (QED) is 0.888. The number of rotatable bonds is 4. The lowest BCUT2D eigenvalue weighted by molar-refractivity contribution is -0.125. The molecule has 1 saturated heterocycles. The number of methoxy groups -OCH3 is 1. The van der Waals surface area contributed by atoms with Crippen LogP contribution in [0.4, 0.5) is 0 Å². The number of ether oxygens (including phenoxy) is 1. The molecule has 6 heteroatoms. The van der Waals surface area contributed by atoms with Crippen molar-refractivity contribution in [1.29, 1.82) is 0 Å². The zero-order chi connectivity index (χ0) is 16.3. The summed E-state index contributed by atoms with van der Waals surface area (Å²) in [5.74, 6) is 0.962. The minimum Gasteiger partial charge on any atom is -0.496 e. The lowest BCUT2D eigenvalue weighted by Gasteiger charge is -2.28. The maximum Gasteiger partial charge on any atom is 0.234 e. The van der Waals surface area contributed by atoms with Crippen molar-refractivity contribution in [3.63, 3.8) is 0 Å². The Kier molecular flexibility index (Phi) is 5.37. The van der Waals surface area contributed by atoms with Gasteiger partial charge in [0.05, 0.1) is 7.11 Å². The second kappa shape index (κ2) is 7.07. The van der Waals surface area contributed by atoms with Crippen LogP contribution >= 0.6 is 0 Å². The van der Waals surface area contributed by atoms with E-state index < -0.39 is 10.8 Å². The topological polar surface area (TPSA) is 67.4 Å². The lowest BCUT2D eigenvalue weighted by Crippen LogP contribution is -2.52. The molecule has 1 heterocycles. The van der Waals surface area contributed by atoms with Crippen molar-refractivity contribution in [3.05, 3.63) is 29.8 Å². The molecule has 1 amide bonds. The molecule has 1 aromatic carbocycles. The summed E-state index contributed by atoms with van der Waals surface area (Å²) in [7, 11) is 0.582. The second-order valence-electron chi connectivity index (χ2n) is 5.57. The average molecular weight is 322 g/mol. The zero-order valence-electron chi connectivity index (χ0n) is 13.3. The van der Waals surface area contributed by atoms with Crippen LogP contribution in [0.3, 0.4) is 0 Å². The van der Waals surface area contributed by atoms with Crippen LogP contribution in [0.2, 0.25) is 0 Å². The van der Waals surface area contributed by atoms with E-state index in [1.807, 2.05) is 32.0 Å². The normalized spacial score (nSPS) is 23.8. The maximum absolute atomic E-state index is 11.7. The second-order valence-corrected chi connectivity index (χ2v) is 6.95. The smallest absolute Gasteiger partial charge is 0.234 e. The van der Waals surface area contributed by atoms with E-state index in [1.54, 1.807) is 13.4 Å². The van der Waals surface area contributed by atoms with Gasteiger partial charge in [-0.1, -0.05) is 13.0 Å². The SMILES string of the molecule is COc1ccc(S(C)=O)cc1/C(C)=C/C1NNC(=O)CC1C. The molecule has 3 atom stereocenters. The van der Waals surface area contributed by atoms with Crippen molar-refractivity contribution in [2.75, 3.05) is 13.4 Å². The third-order valence-corrected chi connectivity index (χ3v) is 4.77. The highest BCUT2D eigenvalue weighted by Crippen LogP contribution is 2.29. The first-order chi connectivity index (χ1) is 10.4. The first kappa shape index (κ1) is 16.7. The fourth-order valence-corrected chi connectivity index (χ4v) is 3.06. The highest BCUT2D eigenvalue weighted by atomic mass is 32.2. The molecule has 1 aliphatic heterocycles. The van der Waals surface area contributed by atoms with E-state index in [4.69, 9.17) is 4.74 Å². The fraction of sp³-hybridized carbons (Fsp3) is 0.438. The van der Waals surface area contributed by atoms with Gasteiger partial charge in [0.15, 0.2) is 0 Å². The molecule has 3 unspecified atom stereocenters. The minimum atomic E-state index is -1.04. The number of amides is 1. The highest BCUT2D eigenvalue weighted by molar-refractivity contribution is 7.84. The van der Waals surface area contributed by atoms with Gasteiger partial charge in [0.2, 0.25) is 5.91 Å². The Morgan fingerprint density at radius 1 is 1.45 bits per heavy atom. The van der Waals surface area contributed by atoms with Gasteiger partial charge in [-0.25, -0.2) is 5.43 Å². The van der Waals surface area contributed by atoms with E-state index in [2.05, 4.69) is 16.9 Å². The van der Waals surface area contributed by atoms with E-state index in [-0.39, 0.29) is 17.9 Å². The Morgan fingerprint density at radius 3 is 2.77 bits per heavy atom. The Bertz CT molecular complexity index is 628. The van der Waals surface area contributed by atoms with Gasteiger partial charge in [0.25, 0.3) is 0 Å². The number of nitrogens with one attached hydrogen (secondary N) is 2. The first-order valence-electron chi connectivity index (χ1n) is 7.17. The summed E-state index contributed by atoms with van der Waals surface area (Å²) in [6.07, 6.45) is 4.23. The molecule has 0 aromatic heterocycles. The van der Waals surface area contributed by atoms with Gasteiger partial charge < -0.3 is 4.74 Å². The maximum atomic E-state index is 11.7. The number of carbonyl (C=O) groups is 1. The summed E-state index contributed by atoms with van der Waals surface area (Å²) in [5, 5.41) is 0. The molecular formula is C16H22N2O3S. The van der Waals surface area contributed by atoms with Crippen LogP contribution in [0.25, 0.3) is 5.57 Å². The average Bonchev–Trinajstić information content (AvgIpc) is 2.49. The largest absolute Gasteiger partial charge is 0.496 e. The van der Waals surface area contributed by atoms with Crippen molar-refractivity contribution < 1.29 is 13.7 Å². The summed E-state index contributed by atoms with van der Waals surface area (Å²) in [6, 6.07) is 5.60. The van der Waals surface area contributed by atoms with Gasteiger partial charge in [-0.05, 0) is 36.6 Å². The third kappa shape index (κ3) is 3.75. The van der Waals surface area contributed by atoms with Crippen molar-refractivity contribution >= 4 is 22.3 Å². The molecule has 0 spiro atoms. The molecule has 2 rings (SSSR count). The van der Waals surface area contributed by atoms with Crippen LogP contribution in [0, 0.1) is 5.92 Å². The summed E-state index contributed by atoms with van der Waals surface area (Å²) in [4.78, 5) is 12.1. The monoisotopic (exact) mass is 322 g/mol. The van der Waals surface area contributed by atoms with Crippen molar-refractivity contribution in [2.45, 2.75) is 31.2 Å². The Morgan fingerprint density at radius 2 is 2.18 bits per heavy atom. The Balaban J connectivity index is 2.33. The summed E-state index contributed by atoms with van der Waals surface area (Å²) < 4.78 is 17.1. The predicted octanol–water partition coefficient (Wildman–Crippen LogP) is 1.87. The van der Waals surface area contributed by atoms with Gasteiger partial charge in [0, 0.05) is 40.0 Å². The molecule has 0 saturated carbocycles. The molecule has 0 radical (unpaired) electrons. The van der Waals surface area contributed by atoms with Crippen LogP contribution < -0.4 is 15.6 Å². The van der Waals surface area contributed by atoms with Crippen molar-refractivity contribution in [2.24, 2.45) is 5.92 Å². The van der Waals surface area contributed by atoms with E-state index >= 15 is 0 Å². The lowest BCUT2D eigenvalue weighted by atomic mass is 9.93. The fourth-order valence-electron chi connectivity index (χ4n) is 2.52. The first-order valence-corrected chi connectivity index (χ1v) is 8.72. The number of allylic oxidation sites excluding steroid dienone is 1. The van der Waals surface area contributed by atoms with Crippen LogP contribution in [0.15, 0.2) is 29.2 Å². The number of carbonyl (C=O) groups excluding carboxylic acids is 1. The summed E-state index contributed by atoms with van der Waals surface area (Å²) >= 11 is 0. The van der Waals surface area contributed by atoms with E-state index in [0.717, 1.165) is 21.8 Å². The molecule has 0 aliphatic carbocycles. The minimum absolute atomic E-state index is 0.00996. The molecule has 120 valence electrons. The molecule has 5 nitrogen and oxygen atoms in total. The van der Waals surface area contributed by atoms with E-state index in [9.17, 15) is 9.00 Å². The Labute approximate surface area is 133 Å². The Hall–Kier alpha value is -1.66. The van der Waals surface area contributed by atoms with Crippen LogP contribution in [-0.2, 0) is 15.6 Å². The standard InChI is InChI=1S/C16H22N2O3S/c1-10(7-14-11(2)8-16(19)18-17-14)13-9-12(22(4)20)5-6-15(13)21-3/h5-7,9,11,14,17H,8H2,1-4H3,(H,18,19)/b10-7+. The number of hydrazine groups is 1. The molecule has 2 N–H and O–H groups in total.